The fourth-order valence-corrected chi connectivity index (χ4v) is 2.85. The number of nitro benzene ring substituents is 1. The fourth-order valence-electron chi connectivity index (χ4n) is 2.20. The summed E-state index contributed by atoms with van der Waals surface area (Å²) in [5, 5.41) is 11.1. The number of carbonyl (C=O) groups excluding carboxylic acids is 2. The maximum atomic E-state index is 12.9. The minimum absolute atomic E-state index is 0.0555. The standard InChI is InChI=1S/C15H14F5NO5S/c1-2-26-8-12(14(22)9-3-4-9)15(23)11-6-5-10(7-13(11)21(24)25)27(16,17,18,19)20/h5-9H,2-4H2,1H3. The number of ether oxygens (including phenoxy) is 1. The molecule has 0 atom stereocenters. The highest BCUT2D eigenvalue weighted by molar-refractivity contribution is 8.45. The minimum atomic E-state index is -10.2. The third-order valence-corrected chi connectivity index (χ3v) is 4.83. The summed E-state index contributed by atoms with van der Waals surface area (Å²) in [6.45, 7) is 1.59. The molecule has 2 rings (SSSR count). The fraction of sp³-hybridized carbons (Fsp3) is 0.333. The zero-order chi connectivity index (χ0) is 20.7. The number of nitrogens with zero attached hydrogens (tertiary/aromatic N) is 1. The Bertz CT molecular complexity index is 862. The van der Waals surface area contributed by atoms with Gasteiger partial charge in [0.05, 0.1) is 17.8 Å². The molecule has 1 fully saturated rings. The van der Waals surface area contributed by atoms with E-state index in [0.29, 0.717) is 12.8 Å². The van der Waals surface area contributed by atoms with Crippen LogP contribution >= 0.6 is 10.2 Å². The number of halogens is 5. The first-order chi connectivity index (χ1) is 12.2. The normalized spacial score (nSPS) is 17.6. The van der Waals surface area contributed by atoms with Gasteiger partial charge in [0.25, 0.3) is 5.69 Å². The minimum Gasteiger partial charge on any atom is -0.501 e. The van der Waals surface area contributed by atoms with E-state index in [0.717, 1.165) is 6.26 Å². The molecule has 1 aliphatic carbocycles. The van der Waals surface area contributed by atoms with Gasteiger partial charge in [0, 0.05) is 12.0 Å². The van der Waals surface area contributed by atoms with E-state index in [4.69, 9.17) is 4.74 Å². The van der Waals surface area contributed by atoms with Crippen molar-refractivity contribution in [1.82, 2.24) is 0 Å². The van der Waals surface area contributed by atoms with Crippen LogP contribution in [0.4, 0.5) is 25.1 Å². The number of carbonyl (C=O) groups is 2. The second-order valence-corrected chi connectivity index (χ2v) is 8.27. The Hall–Kier alpha value is -2.50. The number of hydrogen-bond donors (Lipinski definition) is 0. The van der Waals surface area contributed by atoms with Crippen LogP contribution in [0.1, 0.15) is 30.1 Å². The van der Waals surface area contributed by atoms with Crippen molar-refractivity contribution in [2.75, 3.05) is 6.61 Å². The Morgan fingerprint density at radius 1 is 1.26 bits per heavy atom. The van der Waals surface area contributed by atoms with Gasteiger partial charge in [-0.3, -0.25) is 19.7 Å². The lowest BCUT2D eigenvalue weighted by Gasteiger charge is -2.40. The molecule has 0 unspecified atom stereocenters. The molecule has 1 aliphatic rings. The van der Waals surface area contributed by atoms with Gasteiger partial charge < -0.3 is 4.74 Å². The van der Waals surface area contributed by atoms with Crippen molar-refractivity contribution in [2.24, 2.45) is 5.92 Å². The highest BCUT2D eigenvalue weighted by atomic mass is 32.5. The molecule has 6 nitrogen and oxygen atoms in total. The Balaban J connectivity index is 2.58. The van der Waals surface area contributed by atoms with E-state index >= 15 is 0 Å². The molecule has 0 spiro atoms. The third-order valence-electron chi connectivity index (χ3n) is 3.68. The predicted octanol–water partition coefficient (Wildman–Crippen LogP) is 5.33. The van der Waals surface area contributed by atoms with E-state index in [1.54, 1.807) is 0 Å². The van der Waals surface area contributed by atoms with Gasteiger partial charge in [-0.25, -0.2) is 0 Å². The van der Waals surface area contributed by atoms with E-state index in [-0.39, 0.29) is 18.7 Å². The molecule has 0 aromatic heterocycles. The van der Waals surface area contributed by atoms with Gasteiger partial charge in [-0.1, -0.05) is 19.4 Å². The Labute approximate surface area is 149 Å². The SMILES string of the molecule is CCOC=C(C(=O)c1ccc(S(F)(F)(F)(F)F)cc1[N+](=O)[O-])C(=O)C1CC1. The van der Waals surface area contributed by atoms with Crippen LogP contribution in [0.15, 0.2) is 34.9 Å². The van der Waals surface area contributed by atoms with Crippen LogP contribution in [-0.2, 0) is 9.53 Å². The predicted molar refractivity (Wildman–Crippen MR) is 86.3 cm³/mol. The molecule has 1 aromatic carbocycles. The number of benzene rings is 1. The topological polar surface area (TPSA) is 86.5 Å². The van der Waals surface area contributed by atoms with Gasteiger partial charge in [-0.2, -0.15) is 0 Å². The van der Waals surface area contributed by atoms with Crippen molar-refractivity contribution in [1.29, 1.82) is 0 Å². The average Bonchev–Trinajstić information content (AvgIpc) is 3.36. The second kappa shape index (κ2) is 6.01. The van der Waals surface area contributed by atoms with E-state index in [1.807, 2.05) is 0 Å². The van der Waals surface area contributed by atoms with Crippen LogP contribution in [0.25, 0.3) is 0 Å². The first kappa shape index (κ1) is 20.8. The molecule has 0 aliphatic heterocycles. The van der Waals surface area contributed by atoms with E-state index in [9.17, 15) is 39.1 Å². The zero-order valence-electron chi connectivity index (χ0n) is 13.8. The Morgan fingerprint density at radius 2 is 1.85 bits per heavy atom. The van der Waals surface area contributed by atoms with E-state index < -0.39 is 60.4 Å². The van der Waals surface area contributed by atoms with Gasteiger partial charge in [0.15, 0.2) is 5.78 Å². The van der Waals surface area contributed by atoms with Crippen molar-refractivity contribution < 1.29 is 38.7 Å². The lowest BCUT2D eigenvalue weighted by molar-refractivity contribution is -0.385. The molecule has 0 saturated heterocycles. The van der Waals surface area contributed by atoms with Gasteiger partial charge >= 0.3 is 10.2 Å². The van der Waals surface area contributed by atoms with Crippen LogP contribution < -0.4 is 0 Å². The maximum Gasteiger partial charge on any atom is 0.310 e. The Kier molecular flexibility index (Phi) is 4.63. The number of nitro groups is 1. The highest BCUT2D eigenvalue weighted by Gasteiger charge is 2.66. The van der Waals surface area contributed by atoms with Crippen LogP contribution in [0.3, 0.4) is 0 Å². The summed E-state index contributed by atoms with van der Waals surface area (Å²) in [6, 6.07) is -0.232. The summed E-state index contributed by atoms with van der Waals surface area (Å²) in [7, 11) is -10.2. The maximum absolute atomic E-state index is 12.9. The summed E-state index contributed by atoms with van der Waals surface area (Å²) in [6.07, 6.45) is 1.76. The van der Waals surface area contributed by atoms with Crippen LogP contribution in [-0.4, -0.2) is 23.1 Å². The van der Waals surface area contributed by atoms with Gasteiger partial charge in [0.1, 0.15) is 16.0 Å². The summed E-state index contributed by atoms with van der Waals surface area (Å²) in [5.41, 5.74) is -2.97. The monoisotopic (exact) mass is 415 g/mol. The molecule has 1 saturated carbocycles. The van der Waals surface area contributed by atoms with Crippen molar-refractivity contribution in [3.63, 3.8) is 0 Å². The van der Waals surface area contributed by atoms with Crippen molar-refractivity contribution in [3.05, 3.63) is 45.7 Å². The van der Waals surface area contributed by atoms with Crippen molar-refractivity contribution >= 4 is 27.5 Å². The smallest absolute Gasteiger partial charge is 0.310 e. The van der Waals surface area contributed by atoms with Gasteiger partial charge in [-0.05, 0) is 31.9 Å². The molecule has 0 N–H and O–H groups in total. The number of allylic oxidation sites excluding steroid dienone is 1. The first-order valence-corrected chi connectivity index (χ1v) is 9.54. The van der Waals surface area contributed by atoms with Crippen LogP contribution in [0.2, 0.25) is 0 Å². The molecular formula is C15H14F5NO5S. The molecule has 0 bridgehead atoms. The quantitative estimate of drug-likeness (QED) is 0.0837. The second-order valence-electron chi connectivity index (χ2n) is 5.86. The number of Topliss-reactive ketones (excluding diaryl/α,β-unsaturated/α-hetero) is 2. The molecule has 1 aromatic rings. The lowest BCUT2D eigenvalue weighted by Crippen LogP contribution is -2.17. The van der Waals surface area contributed by atoms with Crippen molar-refractivity contribution in [2.45, 2.75) is 24.7 Å². The largest absolute Gasteiger partial charge is 0.501 e. The summed E-state index contributed by atoms with van der Waals surface area (Å²) >= 11 is 0. The zero-order valence-corrected chi connectivity index (χ0v) is 14.6. The first-order valence-electron chi connectivity index (χ1n) is 7.59. The number of rotatable bonds is 8. The molecule has 0 heterocycles. The molecular weight excluding hydrogens is 401 g/mol. The average molecular weight is 415 g/mol. The molecule has 27 heavy (non-hydrogen) atoms. The number of hydrogen-bond acceptors (Lipinski definition) is 5. The van der Waals surface area contributed by atoms with Crippen molar-refractivity contribution in [3.8, 4) is 0 Å². The molecule has 12 heteroatoms. The highest BCUT2D eigenvalue weighted by Crippen LogP contribution is 3.02. The summed E-state index contributed by atoms with van der Waals surface area (Å²) < 4.78 is 69.4. The van der Waals surface area contributed by atoms with Crippen LogP contribution in [0, 0.1) is 16.0 Å². The molecule has 0 radical (unpaired) electrons. The van der Waals surface area contributed by atoms with E-state index in [2.05, 4.69) is 0 Å². The van der Waals surface area contributed by atoms with Crippen LogP contribution in [0.5, 0.6) is 0 Å². The molecule has 150 valence electrons. The van der Waals surface area contributed by atoms with Gasteiger partial charge in [-0.15, -0.1) is 0 Å². The van der Waals surface area contributed by atoms with Gasteiger partial charge in [0.2, 0.25) is 5.78 Å². The summed E-state index contributed by atoms with van der Waals surface area (Å²) in [5.74, 6) is -2.41. The molecule has 0 amide bonds. The Morgan fingerprint density at radius 3 is 2.30 bits per heavy atom. The lowest BCUT2D eigenvalue weighted by atomic mass is 9.97. The third kappa shape index (κ3) is 4.81. The van der Waals surface area contributed by atoms with E-state index in [1.165, 1.54) is 6.92 Å². The number of ketones is 2. The summed E-state index contributed by atoms with van der Waals surface area (Å²) in [4.78, 5) is 31.9.